The minimum atomic E-state index is -0.388. The molecule has 1 N–H and O–H groups in total. The van der Waals surface area contributed by atoms with E-state index in [1.807, 2.05) is 44.2 Å². The van der Waals surface area contributed by atoms with Crippen molar-refractivity contribution < 1.29 is 5.21 Å². The second-order valence-electron chi connectivity index (χ2n) is 3.97. The van der Waals surface area contributed by atoms with Crippen LogP contribution < -0.4 is 0 Å². The Labute approximate surface area is 83.7 Å². The molecule has 0 bridgehead atoms. The van der Waals surface area contributed by atoms with Crippen LogP contribution in [0, 0.1) is 0 Å². The molecule has 14 heavy (non-hydrogen) atoms. The van der Waals surface area contributed by atoms with Crippen molar-refractivity contribution >= 4 is 5.71 Å². The molecule has 0 amide bonds. The SMILES string of the molecule is CC1(C)C(c2ccccc2)=NCN1O. The third-order valence-corrected chi connectivity index (χ3v) is 2.63. The van der Waals surface area contributed by atoms with Gasteiger partial charge in [0, 0.05) is 0 Å². The highest BCUT2D eigenvalue weighted by Crippen LogP contribution is 2.24. The van der Waals surface area contributed by atoms with Gasteiger partial charge in [0.2, 0.25) is 0 Å². The molecule has 0 unspecified atom stereocenters. The summed E-state index contributed by atoms with van der Waals surface area (Å²) in [6, 6.07) is 9.96. The first-order valence-electron chi connectivity index (χ1n) is 4.69. The number of nitrogens with zero attached hydrogens (tertiary/aromatic N) is 2. The quantitative estimate of drug-likeness (QED) is 0.734. The van der Waals surface area contributed by atoms with Crippen LogP contribution in [0.4, 0.5) is 0 Å². The minimum Gasteiger partial charge on any atom is -0.311 e. The molecule has 0 saturated carbocycles. The molecule has 0 aliphatic carbocycles. The van der Waals surface area contributed by atoms with Gasteiger partial charge < -0.3 is 5.21 Å². The van der Waals surface area contributed by atoms with E-state index in [1.54, 1.807) is 0 Å². The van der Waals surface area contributed by atoms with E-state index in [1.165, 1.54) is 5.06 Å². The fraction of sp³-hybridized carbons (Fsp3) is 0.364. The third kappa shape index (κ3) is 1.35. The first-order chi connectivity index (χ1) is 6.62. The second kappa shape index (κ2) is 3.19. The van der Waals surface area contributed by atoms with Crippen molar-refractivity contribution in [3.8, 4) is 0 Å². The number of aliphatic imine (C=N–C) groups is 1. The fourth-order valence-corrected chi connectivity index (χ4v) is 1.67. The normalized spacial score (nSPS) is 20.9. The van der Waals surface area contributed by atoms with Crippen LogP contribution in [-0.4, -0.2) is 28.2 Å². The Hall–Kier alpha value is -1.19. The van der Waals surface area contributed by atoms with Crippen LogP contribution in [0.1, 0.15) is 19.4 Å². The van der Waals surface area contributed by atoms with Gasteiger partial charge in [0.15, 0.2) is 0 Å². The number of benzene rings is 1. The lowest BCUT2D eigenvalue weighted by Crippen LogP contribution is -2.43. The van der Waals surface area contributed by atoms with Gasteiger partial charge in [0.1, 0.15) is 6.67 Å². The molecule has 0 spiro atoms. The van der Waals surface area contributed by atoms with Crippen molar-refractivity contribution in [1.82, 2.24) is 5.06 Å². The molecule has 1 aromatic rings. The molecule has 0 atom stereocenters. The first-order valence-corrected chi connectivity index (χ1v) is 4.69. The van der Waals surface area contributed by atoms with Gasteiger partial charge in [-0.2, -0.15) is 5.06 Å². The highest BCUT2D eigenvalue weighted by Gasteiger charge is 2.36. The summed E-state index contributed by atoms with van der Waals surface area (Å²) in [7, 11) is 0. The van der Waals surface area contributed by atoms with E-state index >= 15 is 0 Å². The van der Waals surface area contributed by atoms with Gasteiger partial charge in [0.05, 0.1) is 11.3 Å². The summed E-state index contributed by atoms with van der Waals surface area (Å²) in [6.07, 6.45) is 0. The molecule has 1 aromatic carbocycles. The smallest absolute Gasteiger partial charge is 0.116 e. The van der Waals surface area contributed by atoms with Gasteiger partial charge in [-0.15, -0.1) is 0 Å². The lowest BCUT2D eigenvalue weighted by atomic mass is 9.93. The maximum absolute atomic E-state index is 9.61. The van der Waals surface area contributed by atoms with E-state index in [-0.39, 0.29) is 5.54 Å². The van der Waals surface area contributed by atoms with E-state index in [4.69, 9.17) is 0 Å². The topological polar surface area (TPSA) is 35.8 Å². The van der Waals surface area contributed by atoms with E-state index < -0.39 is 0 Å². The maximum atomic E-state index is 9.61. The Bertz CT molecular complexity index is 357. The summed E-state index contributed by atoms with van der Waals surface area (Å²) in [6.45, 7) is 4.29. The number of hydroxylamine groups is 2. The first kappa shape index (κ1) is 9.37. The molecule has 1 heterocycles. The molecule has 2 rings (SSSR count). The van der Waals surface area contributed by atoms with Crippen LogP contribution in [0.15, 0.2) is 35.3 Å². The zero-order valence-electron chi connectivity index (χ0n) is 8.44. The van der Waals surface area contributed by atoms with Gasteiger partial charge >= 0.3 is 0 Å². The Morgan fingerprint density at radius 2 is 1.93 bits per heavy atom. The summed E-state index contributed by atoms with van der Waals surface area (Å²) in [4.78, 5) is 4.33. The van der Waals surface area contributed by atoms with E-state index in [0.717, 1.165) is 11.3 Å². The molecule has 1 aliphatic rings. The zero-order valence-corrected chi connectivity index (χ0v) is 8.44. The van der Waals surface area contributed by atoms with Crippen molar-refractivity contribution in [2.45, 2.75) is 19.4 Å². The van der Waals surface area contributed by atoms with Crippen molar-refractivity contribution in [1.29, 1.82) is 0 Å². The van der Waals surface area contributed by atoms with Crippen LogP contribution in [0.2, 0.25) is 0 Å². The molecular weight excluding hydrogens is 176 g/mol. The van der Waals surface area contributed by atoms with Gasteiger partial charge in [-0.05, 0) is 19.4 Å². The summed E-state index contributed by atoms with van der Waals surface area (Å²) in [5, 5.41) is 10.9. The molecule has 74 valence electrons. The van der Waals surface area contributed by atoms with E-state index in [2.05, 4.69) is 4.99 Å². The van der Waals surface area contributed by atoms with Crippen LogP contribution in [-0.2, 0) is 0 Å². The predicted molar refractivity (Wildman–Crippen MR) is 55.6 cm³/mol. The van der Waals surface area contributed by atoms with Crippen LogP contribution >= 0.6 is 0 Å². The third-order valence-electron chi connectivity index (χ3n) is 2.63. The maximum Gasteiger partial charge on any atom is 0.116 e. The highest BCUT2D eigenvalue weighted by atomic mass is 16.5. The summed E-state index contributed by atoms with van der Waals surface area (Å²) in [5.74, 6) is 0. The number of hydrogen-bond acceptors (Lipinski definition) is 3. The summed E-state index contributed by atoms with van der Waals surface area (Å²) in [5.41, 5.74) is 1.64. The molecule has 0 fully saturated rings. The van der Waals surface area contributed by atoms with Crippen molar-refractivity contribution in [3.05, 3.63) is 35.9 Å². The Balaban J connectivity index is 2.38. The number of rotatable bonds is 1. The molecular formula is C11H14N2O. The van der Waals surface area contributed by atoms with Crippen LogP contribution in [0.5, 0.6) is 0 Å². The van der Waals surface area contributed by atoms with Crippen molar-refractivity contribution in [2.24, 2.45) is 4.99 Å². The molecule has 0 aromatic heterocycles. The zero-order chi connectivity index (χ0) is 10.2. The fourth-order valence-electron chi connectivity index (χ4n) is 1.67. The van der Waals surface area contributed by atoms with Crippen molar-refractivity contribution in [2.75, 3.05) is 6.67 Å². The summed E-state index contributed by atoms with van der Waals surface area (Å²) < 4.78 is 0. The Kier molecular flexibility index (Phi) is 2.13. The van der Waals surface area contributed by atoms with Gasteiger partial charge in [-0.3, -0.25) is 4.99 Å². The summed E-state index contributed by atoms with van der Waals surface area (Å²) >= 11 is 0. The second-order valence-corrected chi connectivity index (χ2v) is 3.97. The average Bonchev–Trinajstić information content (AvgIpc) is 2.44. The Morgan fingerprint density at radius 3 is 2.43 bits per heavy atom. The van der Waals surface area contributed by atoms with E-state index in [9.17, 15) is 5.21 Å². The van der Waals surface area contributed by atoms with Gasteiger partial charge in [-0.25, -0.2) is 0 Å². The van der Waals surface area contributed by atoms with Crippen LogP contribution in [0.25, 0.3) is 0 Å². The molecule has 3 heteroatoms. The standard InChI is InChI=1S/C11H14N2O/c1-11(2)10(12-8-13(11)14)9-6-4-3-5-7-9/h3-7,14H,8H2,1-2H3. The lowest BCUT2D eigenvalue weighted by molar-refractivity contribution is -0.125. The molecule has 0 radical (unpaired) electrons. The number of hydrogen-bond donors (Lipinski definition) is 1. The predicted octanol–water partition coefficient (Wildman–Crippen LogP) is 1.92. The highest BCUT2D eigenvalue weighted by molar-refractivity contribution is 6.07. The van der Waals surface area contributed by atoms with Gasteiger partial charge in [0.25, 0.3) is 0 Å². The lowest BCUT2D eigenvalue weighted by Gasteiger charge is -2.26. The van der Waals surface area contributed by atoms with Gasteiger partial charge in [-0.1, -0.05) is 30.3 Å². The molecule has 1 aliphatic heterocycles. The van der Waals surface area contributed by atoms with Crippen molar-refractivity contribution in [3.63, 3.8) is 0 Å². The molecule has 3 nitrogen and oxygen atoms in total. The average molecular weight is 190 g/mol. The monoisotopic (exact) mass is 190 g/mol. The minimum absolute atomic E-state index is 0.358. The Morgan fingerprint density at radius 1 is 1.29 bits per heavy atom. The van der Waals surface area contributed by atoms with E-state index in [0.29, 0.717) is 6.67 Å². The molecule has 0 saturated heterocycles. The van der Waals surface area contributed by atoms with Crippen LogP contribution in [0.3, 0.4) is 0 Å². The largest absolute Gasteiger partial charge is 0.311 e.